The standard InChI is InChI=1S/C27H12N4/c28-13-18-12-25-27(22(15-30)21(18)14-29)20-10-9-16-5-1-3-7-19(16)26(20)24-11-17-6-2-4-8-23(17)31(24)25/h1-12H. The molecule has 140 valence electrons. The van der Waals surface area contributed by atoms with E-state index >= 15 is 0 Å². The van der Waals surface area contributed by atoms with E-state index < -0.39 is 0 Å². The van der Waals surface area contributed by atoms with Gasteiger partial charge in [-0.2, -0.15) is 15.8 Å². The zero-order chi connectivity index (χ0) is 21.1. The van der Waals surface area contributed by atoms with E-state index in [1.54, 1.807) is 6.07 Å². The predicted octanol–water partition coefficient (Wildman–Crippen LogP) is 6.17. The average Bonchev–Trinajstić information content (AvgIpc) is 3.21. The summed E-state index contributed by atoms with van der Waals surface area (Å²) in [5, 5.41) is 35.4. The minimum Gasteiger partial charge on any atom is -0.309 e. The van der Waals surface area contributed by atoms with Crippen LogP contribution in [0, 0.1) is 34.0 Å². The van der Waals surface area contributed by atoms with E-state index in [-0.39, 0.29) is 16.7 Å². The number of benzene rings is 4. The van der Waals surface area contributed by atoms with Crippen LogP contribution in [0.2, 0.25) is 0 Å². The molecule has 31 heavy (non-hydrogen) atoms. The van der Waals surface area contributed by atoms with E-state index in [1.807, 2.05) is 42.5 Å². The third-order valence-corrected chi connectivity index (χ3v) is 6.06. The summed E-state index contributed by atoms with van der Waals surface area (Å²) in [5.41, 5.74) is 3.35. The van der Waals surface area contributed by atoms with Gasteiger partial charge in [0.1, 0.15) is 18.2 Å². The second-order valence-corrected chi connectivity index (χ2v) is 7.54. The van der Waals surface area contributed by atoms with Crippen molar-refractivity contribution in [3.05, 3.63) is 89.5 Å². The Balaban J connectivity index is 2.09. The van der Waals surface area contributed by atoms with Gasteiger partial charge in [0.25, 0.3) is 0 Å². The highest BCUT2D eigenvalue weighted by Crippen LogP contribution is 2.40. The highest BCUT2D eigenvalue weighted by atomic mass is 14.9. The van der Waals surface area contributed by atoms with E-state index in [0.29, 0.717) is 5.39 Å². The molecular formula is C27H12N4. The lowest BCUT2D eigenvalue weighted by Crippen LogP contribution is -1.99. The zero-order valence-corrected chi connectivity index (χ0v) is 16.2. The summed E-state index contributed by atoms with van der Waals surface area (Å²) in [7, 11) is 0. The van der Waals surface area contributed by atoms with E-state index in [9.17, 15) is 15.8 Å². The Morgan fingerprint density at radius 3 is 2.03 bits per heavy atom. The quantitative estimate of drug-likeness (QED) is 0.290. The Bertz CT molecular complexity index is 1870. The molecule has 0 atom stereocenters. The smallest absolute Gasteiger partial charge is 0.102 e. The topological polar surface area (TPSA) is 75.8 Å². The first-order chi connectivity index (χ1) is 15.3. The summed E-state index contributed by atoms with van der Waals surface area (Å²) in [6, 6.07) is 30.6. The Morgan fingerprint density at radius 2 is 1.26 bits per heavy atom. The largest absolute Gasteiger partial charge is 0.309 e. The first-order valence-electron chi connectivity index (χ1n) is 9.81. The van der Waals surface area contributed by atoms with Crippen LogP contribution >= 0.6 is 0 Å². The molecule has 0 radical (unpaired) electrons. The van der Waals surface area contributed by atoms with Crippen molar-refractivity contribution in [2.24, 2.45) is 0 Å². The highest BCUT2D eigenvalue weighted by Gasteiger charge is 2.21. The van der Waals surface area contributed by atoms with Gasteiger partial charge in [-0.25, -0.2) is 0 Å². The molecule has 0 saturated heterocycles. The second-order valence-electron chi connectivity index (χ2n) is 7.54. The maximum absolute atomic E-state index is 10.1. The Kier molecular flexibility index (Phi) is 3.34. The van der Waals surface area contributed by atoms with Gasteiger partial charge in [-0.15, -0.1) is 0 Å². The molecule has 2 heterocycles. The minimum absolute atomic E-state index is 0.128. The van der Waals surface area contributed by atoms with Crippen LogP contribution in [0.25, 0.3) is 48.9 Å². The summed E-state index contributed by atoms with van der Waals surface area (Å²) in [6.07, 6.45) is 0. The van der Waals surface area contributed by atoms with Gasteiger partial charge in [-0.3, -0.25) is 0 Å². The summed E-state index contributed by atoms with van der Waals surface area (Å²) in [6.45, 7) is 0. The molecule has 0 aliphatic rings. The lowest BCUT2D eigenvalue weighted by atomic mass is 9.92. The van der Waals surface area contributed by atoms with Crippen LogP contribution in [0.5, 0.6) is 0 Å². The Labute approximate surface area is 177 Å². The molecule has 0 aliphatic heterocycles. The van der Waals surface area contributed by atoms with Gasteiger partial charge in [-0.05, 0) is 34.4 Å². The lowest BCUT2D eigenvalue weighted by molar-refractivity contribution is 1.33. The number of aromatic nitrogens is 1. The molecule has 0 amide bonds. The number of fused-ring (bicyclic) bond motifs is 10. The van der Waals surface area contributed by atoms with E-state index in [0.717, 1.165) is 43.5 Å². The molecule has 0 saturated carbocycles. The van der Waals surface area contributed by atoms with Gasteiger partial charge in [0.2, 0.25) is 0 Å². The van der Waals surface area contributed by atoms with Crippen molar-refractivity contribution in [1.29, 1.82) is 15.8 Å². The van der Waals surface area contributed by atoms with E-state index in [2.05, 4.69) is 46.9 Å². The normalized spacial score (nSPS) is 11.1. The Hall–Kier alpha value is -4.85. The fourth-order valence-electron chi connectivity index (χ4n) is 4.79. The predicted molar refractivity (Wildman–Crippen MR) is 122 cm³/mol. The molecule has 0 spiro atoms. The fraction of sp³-hybridized carbons (Fsp3) is 0. The molecule has 0 fully saturated rings. The van der Waals surface area contributed by atoms with Crippen molar-refractivity contribution in [3.8, 4) is 18.2 Å². The molecule has 0 N–H and O–H groups in total. The van der Waals surface area contributed by atoms with Crippen LogP contribution in [0.3, 0.4) is 0 Å². The minimum atomic E-state index is 0.128. The van der Waals surface area contributed by atoms with Crippen molar-refractivity contribution in [1.82, 2.24) is 4.40 Å². The van der Waals surface area contributed by atoms with Crippen LogP contribution in [-0.4, -0.2) is 4.40 Å². The van der Waals surface area contributed by atoms with Crippen molar-refractivity contribution < 1.29 is 0 Å². The van der Waals surface area contributed by atoms with Crippen molar-refractivity contribution in [2.45, 2.75) is 0 Å². The average molecular weight is 392 g/mol. The van der Waals surface area contributed by atoms with Gasteiger partial charge in [0.15, 0.2) is 0 Å². The van der Waals surface area contributed by atoms with Crippen LogP contribution in [0.4, 0.5) is 0 Å². The molecule has 2 aromatic heterocycles. The van der Waals surface area contributed by atoms with E-state index in [4.69, 9.17) is 0 Å². The molecule has 6 rings (SSSR count). The number of nitrogens with zero attached hydrogens (tertiary/aromatic N) is 4. The van der Waals surface area contributed by atoms with Gasteiger partial charge in [0, 0.05) is 16.2 Å². The van der Waals surface area contributed by atoms with Gasteiger partial charge < -0.3 is 4.40 Å². The number of para-hydroxylation sites is 1. The fourth-order valence-corrected chi connectivity index (χ4v) is 4.79. The number of hydrogen-bond acceptors (Lipinski definition) is 3. The van der Waals surface area contributed by atoms with Crippen LogP contribution in [0.1, 0.15) is 16.7 Å². The van der Waals surface area contributed by atoms with Gasteiger partial charge in [-0.1, -0.05) is 54.6 Å². The number of nitriles is 3. The molecule has 6 aromatic rings. The zero-order valence-electron chi connectivity index (χ0n) is 16.2. The number of pyridine rings is 1. The molecule has 4 nitrogen and oxygen atoms in total. The number of rotatable bonds is 0. The summed E-state index contributed by atoms with van der Waals surface area (Å²) < 4.78 is 2.11. The molecule has 0 bridgehead atoms. The van der Waals surface area contributed by atoms with Crippen LogP contribution < -0.4 is 0 Å². The number of hydrogen-bond donors (Lipinski definition) is 0. The van der Waals surface area contributed by atoms with Crippen LogP contribution in [-0.2, 0) is 0 Å². The molecule has 0 aliphatic carbocycles. The monoisotopic (exact) mass is 392 g/mol. The third-order valence-electron chi connectivity index (χ3n) is 6.06. The first-order valence-corrected chi connectivity index (χ1v) is 9.81. The molecule has 4 aromatic carbocycles. The van der Waals surface area contributed by atoms with Crippen molar-refractivity contribution in [3.63, 3.8) is 0 Å². The molecule has 4 heteroatoms. The highest BCUT2D eigenvalue weighted by molar-refractivity contribution is 6.25. The lowest BCUT2D eigenvalue weighted by Gasteiger charge is -2.15. The Morgan fingerprint density at radius 1 is 0.548 bits per heavy atom. The van der Waals surface area contributed by atoms with Crippen molar-refractivity contribution >= 4 is 48.9 Å². The molecular weight excluding hydrogens is 380 g/mol. The summed E-state index contributed by atoms with van der Waals surface area (Å²) >= 11 is 0. The maximum Gasteiger partial charge on any atom is 0.102 e. The van der Waals surface area contributed by atoms with Gasteiger partial charge >= 0.3 is 0 Å². The summed E-state index contributed by atoms with van der Waals surface area (Å²) in [5.74, 6) is 0. The second kappa shape index (κ2) is 6.07. The SMILES string of the molecule is N#Cc1cc2c(c(C#N)c1C#N)c1ccc3ccccc3c1c1cc3ccccc3n21. The van der Waals surface area contributed by atoms with Gasteiger partial charge in [0.05, 0.1) is 33.2 Å². The summed E-state index contributed by atoms with van der Waals surface area (Å²) in [4.78, 5) is 0. The van der Waals surface area contributed by atoms with Crippen LogP contribution in [0.15, 0.2) is 72.8 Å². The van der Waals surface area contributed by atoms with Crippen molar-refractivity contribution in [2.75, 3.05) is 0 Å². The first kappa shape index (κ1) is 17.0. The third kappa shape index (κ3) is 2.10. The maximum atomic E-state index is 10.1. The van der Waals surface area contributed by atoms with E-state index in [1.165, 1.54) is 0 Å². The molecule has 0 unspecified atom stereocenters.